The van der Waals surface area contributed by atoms with Crippen LogP contribution in [0, 0.1) is 6.92 Å². The summed E-state index contributed by atoms with van der Waals surface area (Å²) >= 11 is 0. The Morgan fingerprint density at radius 2 is 0.714 bits per heavy atom. The average molecular weight is 621 g/mol. The van der Waals surface area contributed by atoms with E-state index in [1.807, 2.05) is 0 Å². The van der Waals surface area contributed by atoms with E-state index in [9.17, 15) is 0 Å². The molecule has 0 bridgehead atoms. The van der Waals surface area contributed by atoms with E-state index in [1.165, 1.54) is 120 Å². The molecule has 49 heavy (non-hydrogen) atoms. The minimum absolute atomic E-state index is 0.972. The Bertz CT molecular complexity index is 3110. The molecule has 0 unspecified atom stereocenters. The summed E-state index contributed by atoms with van der Waals surface area (Å²) in [4.78, 5) is 0. The SMILES string of the molecule is CCc1c2ccccc2c(C)c2c1c1c3cccc4c(-c5ccccc5)ccc(c43)c1c1c3cccc4c(-c5ccccc5)ccc(c43)c21. The predicted molar refractivity (Wildman–Crippen MR) is 214 cm³/mol. The summed E-state index contributed by atoms with van der Waals surface area (Å²) in [6, 6.07) is 54.4. The van der Waals surface area contributed by atoms with Gasteiger partial charge in [0, 0.05) is 0 Å². The van der Waals surface area contributed by atoms with Crippen LogP contribution in [0.3, 0.4) is 0 Å². The van der Waals surface area contributed by atoms with Crippen LogP contribution in [0.2, 0.25) is 0 Å². The van der Waals surface area contributed by atoms with Crippen molar-refractivity contribution in [1.82, 2.24) is 0 Å². The minimum atomic E-state index is 0.972. The third-order valence-electron chi connectivity index (χ3n) is 11.5. The van der Waals surface area contributed by atoms with Crippen LogP contribution in [0.5, 0.6) is 0 Å². The van der Waals surface area contributed by atoms with Gasteiger partial charge in [0.05, 0.1) is 0 Å². The summed E-state index contributed by atoms with van der Waals surface area (Å²) in [6.45, 7) is 4.71. The second kappa shape index (κ2) is 9.78. The van der Waals surface area contributed by atoms with Crippen molar-refractivity contribution in [2.45, 2.75) is 20.3 Å². The first-order chi connectivity index (χ1) is 24.2. The highest BCUT2D eigenvalue weighted by Crippen LogP contribution is 2.55. The second-order valence-corrected chi connectivity index (χ2v) is 13.8. The number of aryl methyl sites for hydroxylation is 2. The minimum Gasteiger partial charge on any atom is -0.0622 e. The molecule has 11 rings (SSSR count). The molecule has 0 aromatic heterocycles. The molecule has 228 valence electrons. The summed E-state index contributed by atoms with van der Waals surface area (Å²) in [5.41, 5.74) is 7.95. The summed E-state index contributed by atoms with van der Waals surface area (Å²) in [5, 5.41) is 22.1. The Kier molecular flexibility index (Phi) is 5.39. The van der Waals surface area contributed by atoms with Gasteiger partial charge in [-0.2, -0.15) is 0 Å². The third-order valence-corrected chi connectivity index (χ3v) is 11.5. The van der Waals surface area contributed by atoms with E-state index < -0.39 is 0 Å². The van der Waals surface area contributed by atoms with E-state index in [4.69, 9.17) is 0 Å². The molecule has 0 aliphatic heterocycles. The third kappa shape index (κ3) is 3.38. The Hall–Kier alpha value is -5.98. The molecule has 0 N–H and O–H groups in total. The molecule has 0 radical (unpaired) electrons. The van der Waals surface area contributed by atoms with Crippen LogP contribution in [0.15, 0.2) is 146 Å². The molecule has 0 aliphatic rings. The highest BCUT2D eigenvalue weighted by Gasteiger charge is 2.27. The summed E-state index contributed by atoms with van der Waals surface area (Å²) in [6.07, 6.45) is 0.972. The first-order valence-electron chi connectivity index (χ1n) is 17.5. The summed E-state index contributed by atoms with van der Waals surface area (Å²) in [5.74, 6) is 0. The van der Waals surface area contributed by atoms with Crippen LogP contribution in [-0.4, -0.2) is 0 Å². The maximum atomic E-state index is 2.42. The van der Waals surface area contributed by atoms with Gasteiger partial charge in [-0.25, -0.2) is 0 Å². The molecular formula is C49H32. The van der Waals surface area contributed by atoms with E-state index >= 15 is 0 Å². The van der Waals surface area contributed by atoms with Gasteiger partial charge in [0.25, 0.3) is 0 Å². The van der Waals surface area contributed by atoms with Gasteiger partial charge in [0.2, 0.25) is 0 Å². The Balaban J connectivity index is 1.47. The van der Waals surface area contributed by atoms with Gasteiger partial charge in [-0.05, 0) is 133 Å². The largest absolute Gasteiger partial charge is 0.0622 e. The first-order valence-corrected chi connectivity index (χ1v) is 17.5. The standard InChI is InChI=1S/C49H32/c1-3-31-35-19-11-10-18-32(35)28(2)42-45(31)47-38-22-12-21-37-34(30-16-8-5-9-17-30)25-27-41(44(37)38)49(47)48-39-23-13-20-36-33(29-14-6-4-7-15-29)24-26-40(43(36)39)46(42)48/h4-27H,3H2,1-2H3. The van der Waals surface area contributed by atoms with Gasteiger partial charge in [-0.15, -0.1) is 0 Å². The lowest BCUT2D eigenvalue weighted by Gasteiger charge is -2.17. The van der Waals surface area contributed by atoms with Gasteiger partial charge in [-0.3, -0.25) is 0 Å². The van der Waals surface area contributed by atoms with Crippen molar-refractivity contribution in [3.63, 3.8) is 0 Å². The normalized spacial score (nSPS) is 12.4. The summed E-state index contributed by atoms with van der Waals surface area (Å²) < 4.78 is 0. The van der Waals surface area contributed by atoms with Crippen molar-refractivity contribution in [3.05, 3.63) is 157 Å². The fourth-order valence-corrected chi connectivity index (χ4v) is 9.60. The zero-order valence-corrected chi connectivity index (χ0v) is 27.6. The average Bonchev–Trinajstić information content (AvgIpc) is 3.68. The van der Waals surface area contributed by atoms with Crippen molar-refractivity contribution in [3.8, 4) is 22.3 Å². The zero-order chi connectivity index (χ0) is 32.4. The molecule has 11 aromatic carbocycles. The van der Waals surface area contributed by atoms with Crippen LogP contribution in [0.4, 0.5) is 0 Å². The van der Waals surface area contributed by atoms with Crippen molar-refractivity contribution in [2.75, 3.05) is 0 Å². The lowest BCUT2D eigenvalue weighted by atomic mass is 9.86. The second-order valence-electron chi connectivity index (χ2n) is 13.8. The van der Waals surface area contributed by atoms with E-state index in [-0.39, 0.29) is 0 Å². The number of hydrogen-bond acceptors (Lipinski definition) is 0. The number of hydrogen-bond donors (Lipinski definition) is 0. The van der Waals surface area contributed by atoms with Gasteiger partial charge < -0.3 is 0 Å². The van der Waals surface area contributed by atoms with Crippen LogP contribution in [0.1, 0.15) is 18.1 Å². The molecule has 11 aromatic rings. The van der Waals surface area contributed by atoms with Gasteiger partial charge in [-0.1, -0.05) is 153 Å². The van der Waals surface area contributed by atoms with Crippen LogP contribution in [0.25, 0.3) is 108 Å². The van der Waals surface area contributed by atoms with E-state index in [2.05, 4.69) is 159 Å². The number of rotatable bonds is 3. The van der Waals surface area contributed by atoms with E-state index in [0.717, 1.165) is 6.42 Å². The lowest BCUT2D eigenvalue weighted by Crippen LogP contribution is -1.93. The van der Waals surface area contributed by atoms with Crippen molar-refractivity contribution < 1.29 is 0 Å². The van der Waals surface area contributed by atoms with Crippen molar-refractivity contribution >= 4 is 86.2 Å². The predicted octanol–water partition coefficient (Wildman–Crippen LogP) is 14.0. The molecular weight excluding hydrogens is 589 g/mol. The monoisotopic (exact) mass is 620 g/mol. The molecule has 0 amide bonds. The number of fused-ring (bicyclic) bond motifs is 11. The molecule has 0 aliphatic carbocycles. The van der Waals surface area contributed by atoms with Crippen molar-refractivity contribution in [1.29, 1.82) is 0 Å². The highest BCUT2D eigenvalue weighted by atomic mass is 14.3. The molecule has 0 heteroatoms. The molecule has 0 heterocycles. The van der Waals surface area contributed by atoms with E-state index in [1.54, 1.807) is 0 Å². The zero-order valence-electron chi connectivity index (χ0n) is 27.6. The molecule has 0 spiro atoms. The molecule has 0 saturated carbocycles. The highest BCUT2D eigenvalue weighted by molar-refractivity contribution is 6.51. The van der Waals surface area contributed by atoms with Crippen LogP contribution < -0.4 is 0 Å². The maximum Gasteiger partial charge on any atom is -0.000707 e. The maximum absolute atomic E-state index is 2.42. The van der Waals surface area contributed by atoms with Gasteiger partial charge in [0.15, 0.2) is 0 Å². The van der Waals surface area contributed by atoms with Gasteiger partial charge in [0.1, 0.15) is 0 Å². The first kappa shape index (κ1) is 27.0. The smallest absolute Gasteiger partial charge is 0.000707 e. The Labute approximate surface area is 284 Å². The van der Waals surface area contributed by atoms with E-state index in [0.29, 0.717) is 0 Å². The Morgan fingerprint density at radius 3 is 1.24 bits per heavy atom. The van der Waals surface area contributed by atoms with Crippen LogP contribution in [-0.2, 0) is 6.42 Å². The fraction of sp³-hybridized carbons (Fsp3) is 0.0612. The summed E-state index contributed by atoms with van der Waals surface area (Å²) in [7, 11) is 0. The lowest BCUT2D eigenvalue weighted by molar-refractivity contribution is 1.18. The Morgan fingerprint density at radius 1 is 0.306 bits per heavy atom. The molecule has 0 atom stereocenters. The molecule has 0 nitrogen and oxygen atoms in total. The topological polar surface area (TPSA) is 0 Å². The fourth-order valence-electron chi connectivity index (χ4n) is 9.60. The number of benzene rings is 9. The van der Waals surface area contributed by atoms with Gasteiger partial charge >= 0.3 is 0 Å². The van der Waals surface area contributed by atoms with Crippen molar-refractivity contribution in [2.24, 2.45) is 0 Å². The van der Waals surface area contributed by atoms with Crippen LogP contribution >= 0.6 is 0 Å². The molecule has 0 saturated heterocycles. The molecule has 0 fully saturated rings. The quantitative estimate of drug-likeness (QED) is 0.172.